The van der Waals surface area contributed by atoms with Gasteiger partial charge in [0, 0.05) is 11.6 Å². The molecule has 2 aromatic rings. The van der Waals surface area contributed by atoms with Gasteiger partial charge in [-0.3, -0.25) is 4.79 Å². The van der Waals surface area contributed by atoms with Crippen molar-refractivity contribution in [3.63, 3.8) is 0 Å². The van der Waals surface area contributed by atoms with Crippen LogP contribution in [0.4, 0.5) is 0 Å². The maximum absolute atomic E-state index is 11.6. The van der Waals surface area contributed by atoms with Gasteiger partial charge in [0.15, 0.2) is 0 Å². The van der Waals surface area contributed by atoms with Crippen LogP contribution < -0.4 is 5.32 Å². The molecule has 1 N–H and O–H groups in total. The van der Waals surface area contributed by atoms with Crippen LogP contribution in [0.15, 0.2) is 28.7 Å². The lowest BCUT2D eigenvalue weighted by molar-refractivity contribution is 0.0917. The molecule has 0 saturated carbocycles. The third-order valence-electron chi connectivity index (χ3n) is 2.50. The highest BCUT2D eigenvalue weighted by Crippen LogP contribution is 2.18. The second-order valence-corrected chi connectivity index (χ2v) is 4.43. The Balaban J connectivity index is 2.05. The Kier molecular flexibility index (Phi) is 4.52. The van der Waals surface area contributed by atoms with Crippen molar-refractivity contribution in [2.75, 3.05) is 6.54 Å². The molecule has 6 heteroatoms. The SMILES string of the molecule is CCCNC(=O)c1nnc(Cc2ccccc2Cl)o1. The van der Waals surface area contributed by atoms with Crippen molar-refractivity contribution in [2.45, 2.75) is 19.8 Å². The topological polar surface area (TPSA) is 68.0 Å². The zero-order chi connectivity index (χ0) is 13.7. The van der Waals surface area contributed by atoms with Crippen LogP contribution in [-0.4, -0.2) is 22.6 Å². The average molecular weight is 280 g/mol. The number of amides is 1. The van der Waals surface area contributed by atoms with E-state index in [0.29, 0.717) is 23.9 Å². The van der Waals surface area contributed by atoms with Gasteiger partial charge in [0.1, 0.15) is 0 Å². The first kappa shape index (κ1) is 13.5. The summed E-state index contributed by atoms with van der Waals surface area (Å²) in [5.74, 6) is 0.00464. The Bertz CT molecular complexity index is 569. The maximum atomic E-state index is 11.6. The van der Waals surface area contributed by atoms with Gasteiger partial charge in [0.2, 0.25) is 5.89 Å². The molecule has 0 fully saturated rings. The summed E-state index contributed by atoms with van der Waals surface area (Å²) < 4.78 is 5.31. The van der Waals surface area contributed by atoms with Gasteiger partial charge < -0.3 is 9.73 Å². The Morgan fingerprint density at radius 2 is 2.16 bits per heavy atom. The van der Waals surface area contributed by atoms with E-state index in [2.05, 4.69) is 15.5 Å². The second-order valence-electron chi connectivity index (χ2n) is 4.03. The monoisotopic (exact) mass is 279 g/mol. The number of rotatable bonds is 5. The smallest absolute Gasteiger partial charge is 0.308 e. The zero-order valence-electron chi connectivity index (χ0n) is 10.5. The van der Waals surface area contributed by atoms with Gasteiger partial charge in [0.25, 0.3) is 0 Å². The zero-order valence-corrected chi connectivity index (χ0v) is 11.3. The molecule has 0 radical (unpaired) electrons. The molecular formula is C13H14ClN3O2. The van der Waals surface area contributed by atoms with Crippen molar-refractivity contribution >= 4 is 17.5 Å². The van der Waals surface area contributed by atoms with Crippen LogP contribution in [0, 0.1) is 0 Å². The highest BCUT2D eigenvalue weighted by Gasteiger charge is 2.14. The standard InChI is InChI=1S/C13H14ClN3O2/c1-2-7-15-12(18)13-17-16-11(19-13)8-9-5-3-4-6-10(9)14/h3-6H,2,7-8H2,1H3,(H,15,18). The first-order valence-corrected chi connectivity index (χ1v) is 6.42. The third kappa shape index (κ3) is 3.54. The summed E-state index contributed by atoms with van der Waals surface area (Å²) in [7, 11) is 0. The molecule has 100 valence electrons. The van der Waals surface area contributed by atoms with Crippen molar-refractivity contribution in [3.05, 3.63) is 46.6 Å². The van der Waals surface area contributed by atoms with Crippen molar-refractivity contribution in [3.8, 4) is 0 Å². The van der Waals surface area contributed by atoms with Crippen molar-refractivity contribution in [1.82, 2.24) is 15.5 Å². The summed E-state index contributed by atoms with van der Waals surface area (Å²) in [6.45, 7) is 2.55. The Labute approximate surface area is 116 Å². The van der Waals surface area contributed by atoms with Gasteiger partial charge in [-0.25, -0.2) is 0 Å². The van der Waals surface area contributed by atoms with Gasteiger partial charge in [-0.05, 0) is 18.1 Å². The number of carbonyl (C=O) groups is 1. The molecule has 1 heterocycles. The number of nitrogens with zero attached hydrogens (tertiary/aromatic N) is 2. The molecule has 0 unspecified atom stereocenters. The van der Waals surface area contributed by atoms with Gasteiger partial charge in [-0.2, -0.15) is 0 Å². The first-order chi connectivity index (χ1) is 9.20. The second kappa shape index (κ2) is 6.33. The predicted octanol–water partition coefficient (Wildman–Crippen LogP) is 2.45. The normalized spacial score (nSPS) is 10.4. The van der Waals surface area contributed by atoms with E-state index in [1.54, 1.807) is 6.07 Å². The van der Waals surface area contributed by atoms with Crippen LogP contribution in [0.2, 0.25) is 5.02 Å². The van der Waals surface area contributed by atoms with Gasteiger partial charge in [-0.15, -0.1) is 10.2 Å². The molecule has 0 atom stereocenters. The third-order valence-corrected chi connectivity index (χ3v) is 2.86. The minimum absolute atomic E-state index is 0.0181. The number of hydrogen-bond acceptors (Lipinski definition) is 4. The lowest BCUT2D eigenvalue weighted by Crippen LogP contribution is -2.24. The molecule has 0 bridgehead atoms. The van der Waals surface area contributed by atoms with Gasteiger partial charge in [-0.1, -0.05) is 36.7 Å². The van der Waals surface area contributed by atoms with Gasteiger partial charge in [0.05, 0.1) is 6.42 Å². The summed E-state index contributed by atoms with van der Waals surface area (Å²) in [6.07, 6.45) is 1.26. The minimum atomic E-state index is -0.347. The molecule has 0 aliphatic carbocycles. The quantitative estimate of drug-likeness (QED) is 0.913. The molecule has 0 aliphatic rings. The van der Waals surface area contributed by atoms with E-state index in [1.807, 2.05) is 25.1 Å². The van der Waals surface area contributed by atoms with Crippen LogP contribution in [0.5, 0.6) is 0 Å². The molecule has 1 amide bonds. The molecule has 19 heavy (non-hydrogen) atoms. The Morgan fingerprint density at radius 3 is 2.89 bits per heavy atom. The first-order valence-electron chi connectivity index (χ1n) is 6.04. The van der Waals surface area contributed by atoms with Gasteiger partial charge >= 0.3 is 11.8 Å². The van der Waals surface area contributed by atoms with Crippen molar-refractivity contribution < 1.29 is 9.21 Å². The summed E-state index contributed by atoms with van der Waals surface area (Å²) in [4.78, 5) is 11.6. The molecule has 0 saturated heterocycles. The number of halogens is 1. The van der Waals surface area contributed by atoms with E-state index in [0.717, 1.165) is 12.0 Å². The van der Waals surface area contributed by atoms with E-state index < -0.39 is 0 Å². The average Bonchev–Trinajstić information content (AvgIpc) is 2.87. The van der Waals surface area contributed by atoms with Crippen LogP contribution >= 0.6 is 11.6 Å². The molecule has 5 nitrogen and oxygen atoms in total. The molecule has 1 aromatic carbocycles. The van der Waals surface area contributed by atoms with E-state index in [4.69, 9.17) is 16.0 Å². The highest BCUT2D eigenvalue weighted by atomic mass is 35.5. The van der Waals surface area contributed by atoms with Crippen LogP contribution in [0.1, 0.15) is 35.5 Å². The van der Waals surface area contributed by atoms with E-state index in [1.165, 1.54) is 0 Å². The number of hydrogen-bond donors (Lipinski definition) is 1. The fourth-order valence-corrected chi connectivity index (χ4v) is 1.74. The van der Waals surface area contributed by atoms with Crippen molar-refractivity contribution in [1.29, 1.82) is 0 Å². The summed E-state index contributed by atoms with van der Waals surface area (Å²) >= 11 is 6.04. The van der Waals surface area contributed by atoms with Crippen LogP contribution in [-0.2, 0) is 6.42 Å². The molecule has 1 aromatic heterocycles. The fraction of sp³-hybridized carbons (Fsp3) is 0.308. The highest BCUT2D eigenvalue weighted by molar-refractivity contribution is 6.31. The summed E-state index contributed by atoms with van der Waals surface area (Å²) in [5, 5.41) is 10.9. The molecule has 2 rings (SSSR count). The number of carbonyl (C=O) groups excluding carboxylic acids is 1. The molecule has 0 aliphatic heterocycles. The lowest BCUT2D eigenvalue weighted by Gasteiger charge is -1.99. The maximum Gasteiger partial charge on any atom is 0.308 e. The summed E-state index contributed by atoms with van der Waals surface area (Å²) in [5.41, 5.74) is 0.883. The largest absolute Gasteiger partial charge is 0.417 e. The number of nitrogens with one attached hydrogen (secondary N) is 1. The van der Waals surface area contributed by atoms with E-state index in [-0.39, 0.29) is 11.8 Å². The summed E-state index contributed by atoms with van der Waals surface area (Å²) in [6, 6.07) is 7.40. The lowest BCUT2D eigenvalue weighted by atomic mass is 10.1. The minimum Gasteiger partial charge on any atom is -0.417 e. The Morgan fingerprint density at radius 1 is 1.37 bits per heavy atom. The van der Waals surface area contributed by atoms with E-state index in [9.17, 15) is 4.79 Å². The van der Waals surface area contributed by atoms with E-state index >= 15 is 0 Å². The number of benzene rings is 1. The van der Waals surface area contributed by atoms with Crippen LogP contribution in [0.25, 0.3) is 0 Å². The fourth-order valence-electron chi connectivity index (χ4n) is 1.54. The number of aromatic nitrogens is 2. The molecule has 0 spiro atoms. The predicted molar refractivity (Wildman–Crippen MR) is 71.2 cm³/mol. The Hall–Kier alpha value is -1.88. The van der Waals surface area contributed by atoms with Crippen LogP contribution in [0.3, 0.4) is 0 Å². The van der Waals surface area contributed by atoms with Crippen molar-refractivity contribution in [2.24, 2.45) is 0 Å². The molecular weight excluding hydrogens is 266 g/mol.